The van der Waals surface area contributed by atoms with Gasteiger partial charge in [0, 0.05) is 37.4 Å². The molecule has 3 aromatic rings. The number of hydrogen-bond acceptors (Lipinski definition) is 6. The van der Waals surface area contributed by atoms with Crippen LogP contribution in [0.25, 0.3) is 0 Å². The zero-order chi connectivity index (χ0) is 24.5. The fourth-order valence-corrected chi connectivity index (χ4v) is 4.19. The van der Waals surface area contributed by atoms with Crippen LogP contribution >= 0.6 is 0 Å². The molecule has 0 radical (unpaired) electrons. The highest BCUT2D eigenvalue weighted by atomic mass is 16.7. The van der Waals surface area contributed by atoms with Crippen molar-refractivity contribution in [1.82, 2.24) is 4.98 Å². The molecule has 0 bridgehead atoms. The Morgan fingerprint density at radius 3 is 2.63 bits per heavy atom. The number of hydrogen-bond donors (Lipinski definition) is 1. The summed E-state index contributed by atoms with van der Waals surface area (Å²) in [5.74, 6) is -0.244. The number of ketones is 1. The predicted octanol–water partition coefficient (Wildman–Crippen LogP) is 5.34. The number of anilines is 3. The van der Waals surface area contributed by atoms with Gasteiger partial charge in [-0.1, -0.05) is 42.5 Å². The van der Waals surface area contributed by atoms with E-state index in [0.717, 1.165) is 31.6 Å². The molecule has 7 heteroatoms. The summed E-state index contributed by atoms with van der Waals surface area (Å²) < 4.78 is 11.6. The molecule has 1 amide bonds. The van der Waals surface area contributed by atoms with Crippen LogP contribution in [0.3, 0.4) is 0 Å². The Labute approximate surface area is 206 Å². The van der Waals surface area contributed by atoms with E-state index in [-0.39, 0.29) is 18.0 Å². The van der Waals surface area contributed by atoms with E-state index in [0.29, 0.717) is 42.1 Å². The van der Waals surface area contributed by atoms with Gasteiger partial charge >= 0.3 is 0 Å². The van der Waals surface area contributed by atoms with Crippen molar-refractivity contribution in [3.63, 3.8) is 0 Å². The van der Waals surface area contributed by atoms with Gasteiger partial charge in [-0.3, -0.25) is 14.6 Å². The summed E-state index contributed by atoms with van der Waals surface area (Å²) in [7, 11) is 0. The van der Waals surface area contributed by atoms with E-state index in [1.165, 1.54) is 6.92 Å². The fraction of sp³-hybridized carbons (Fsp3) is 0.321. The third kappa shape index (κ3) is 6.53. The molecule has 1 unspecified atom stereocenters. The molecule has 7 nitrogen and oxygen atoms in total. The maximum absolute atomic E-state index is 13.4. The summed E-state index contributed by atoms with van der Waals surface area (Å²) in [6, 6.07) is 18.5. The molecule has 2 aromatic carbocycles. The van der Waals surface area contributed by atoms with Crippen LogP contribution in [-0.2, 0) is 14.3 Å². The van der Waals surface area contributed by atoms with Crippen LogP contribution in [-0.4, -0.2) is 42.7 Å². The lowest BCUT2D eigenvalue weighted by atomic mass is 10.0. The molecular formula is C28H31N3O4. The smallest absolute Gasteiger partial charge is 0.221 e. The van der Waals surface area contributed by atoms with E-state index >= 15 is 0 Å². The molecule has 1 atom stereocenters. The molecule has 182 valence electrons. The van der Waals surface area contributed by atoms with Gasteiger partial charge in [0.25, 0.3) is 0 Å². The molecule has 0 aliphatic carbocycles. The van der Waals surface area contributed by atoms with Crippen LogP contribution in [0.15, 0.2) is 73.1 Å². The molecule has 1 fully saturated rings. The van der Waals surface area contributed by atoms with Crippen LogP contribution in [0.1, 0.15) is 48.5 Å². The lowest BCUT2D eigenvalue weighted by Crippen LogP contribution is -2.26. The van der Waals surface area contributed by atoms with Crippen molar-refractivity contribution in [2.45, 2.75) is 38.9 Å². The molecule has 1 saturated heterocycles. The van der Waals surface area contributed by atoms with Crippen molar-refractivity contribution in [2.75, 3.05) is 30.0 Å². The first-order chi connectivity index (χ1) is 17.1. The largest absolute Gasteiger partial charge is 0.353 e. The first-order valence-electron chi connectivity index (χ1n) is 12.0. The van der Waals surface area contributed by atoms with Gasteiger partial charge in [0.1, 0.15) is 0 Å². The van der Waals surface area contributed by atoms with Crippen LogP contribution in [0.4, 0.5) is 17.1 Å². The summed E-state index contributed by atoms with van der Waals surface area (Å²) in [5.41, 5.74) is 3.28. The van der Waals surface area contributed by atoms with E-state index in [9.17, 15) is 9.59 Å². The number of para-hydroxylation sites is 1. The number of pyridine rings is 1. The highest BCUT2D eigenvalue weighted by Gasteiger charge is 2.22. The highest BCUT2D eigenvalue weighted by Crippen LogP contribution is 2.34. The lowest BCUT2D eigenvalue weighted by molar-refractivity contribution is -0.162. The number of nitrogens with zero attached hydrogens (tertiary/aromatic N) is 2. The van der Waals surface area contributed by atoms with E-state index in [1.54, 1.807) is 18.5 Å². The number of benzene rings is 2. The minimum Gasteiger partial charge on any atom is -0.353 e. The van der Waals surface area contributed by atoms with Crippen LogP contribution in [0, 0.1) is 0 Å². The van der Waals surface area contributed by atoms with E-state index in [4.69, 9.17) is 9.47 Å². The third-order valence-corrected chi connectivity index (χ3v) is 5.84. The Kier molecular flexibility index (Phi) is 8.59. The van der Waals surface area contributed by atoms with Crippen molar-refractivity contribution in [1.29, 1.82) is 0 Å². The summed E-state index contributed by atoms with van der Waals surface area (Å²) in [4.78, 5) is 31.7. The number of aromatic nitrogens is 1. The van der Waals surface area contributed by atoms with E-state index in [1.807, 2.05) is 59.5 Å². The van der Waals surface area contributed by atoms with Gasteiger partial charge < -0.3 is 19.7 Å². The number of rotatable bonds is 10. The second-order valence-corrected chi connectivity index (χ2v) is 8.46. The molecule has 1 aliphatic heterocycles. The molecule has 1 aromatic heterocycles. The van der Waals surface area contributed by atoms with E-state index < -0.39 is 0 Å². The number of amides is 1. The maximum atomic E-state index is 13.4. The summed E-state index contributed by atoms with van der Waals surface area (Å²) in [6.07, 6.45) is 6.99. The van der Waals surface area contributed by atoms with Gasteiger partial charge in [-0.2, -0.15) is 0 Å². The molecule has 0 spiro atoms. The third-order valence-electron chi connectivity index (χ3n) is 5.84. The van der Waals surface area contributed by atoms with Gasteiger partial charge in [-0.15, -0.1) is 0 Å². The van der Waals surface area contributed by atoms with Gasteiger partial charge in [-0.05, 0) is 43.9 Å². The van der Waals surface area contributed by atoms with Crippen molar-refractivity contribution >= 4 is 28.8 Å². The lowest BCUT2D eigenvalue weighted by Gasteiger charge is -2.29. The Bertz CT molecular complexity index is 1130. The minimum atomic E-state index is -0.177. The van der Waals surface area contributed by atoms with Crippen LogP contribution in [0.5, 0.6) is 0 Å². The Balaban J connectivity index is 1.63. The van der Waals surface area contributed by atoms with Crippen LogP contribution in [0.2, 0.25) is 0 Å². The maximum Gasteiger partial charge on any atom is 0.221 e. The number of nitrogens with one attached hydrogen (secondary N) is 1. The SMILES string of the molecule is CC(=O)Nc1ccncc1N(CCCOC1CCCCO1)c1ccccc1C(=O)c1ccccc1. The second-order valence-electron chi connectivity index (χ2n) is 8.46. The number of carbonyl (C=O) groups excluding carboxylic acids is 2. The van der Waals surface area contributed by atoms with Gasteiger partial charge in [-0.25, -0.2) is 0 Å². The summed E-state index contributed by atoms with van der Waals surface area (Å²) in [6.45, 7) is 3.29. The molecule has 35 heavy (non-hydrogen) atoms. The Morgan fingerprint density at radius 1 is 1.06 bits per heavy atom. The molecule has 2 heterocycles. The molecule has 1 aliphatic rings. The minimum absolute atomic E-state index is 0.0666. The quantitative estimate of drug-likeness (QED) is 0.316. The van der Waals surface area contributed by atoms with Crippen molar-refractivity contribution in [2.24, 2.45) is 0 Å². The fourth-order valence-electron chi connectivity index (χ4n) is 4.19. The molecule has 0 saturated carbocycles. The summed E-state index contributed by atoms with van der Waals surface area (Å²) in [5, 5.41) is 2.89. The monoisotopic (exact) mass is 473 g/mol. The van der Waals surface area contributed by atoms with Gasteiger partial charge in [0.2, 0.25) is 5.91 Å². The average molecular weight is 474 g/mol. The van der Waals surface area contributed by atoms with Gasteiger partial charge in [0.15, 0.2) is 12.1 Å². The second kappa shape index (κ2) is 12.2. The van der Waals surface area contributed by atoms with Gasteiger partial charge in [0.05, 0.1) is 29.9 Å². The highest BCUT2D eigenvalue weighted by molar-refractivity contribution is 6.13. The molecular weight excluding hydrogens is 442 g/mol. The number of ether oxygens (including phenoxy) is 2. The van der Waals surface area contributed by atoms with Crippen LogP contribution < -0.4 is 10.2 Å². The Hall–Kier alpha value is -3.55. The van der Waals surface area contributed by atoms with Crippen molar-refractivity contribution in [3.8, 4) is 0 Å². The zero-order valence-electron chi connectivity index (χ0n) is 20.0. The first kappa shape index (κ1) is 24.6. The topological polar surface area (TPSA) is 80.8 Å². The molecule has 4 rings (SSSR count). The Morgan fingerprint density at radius 2 is 1.86 bits per heavy atom. The molecule has 1 N–H and O–H groups in total. The van der Waals surface area contributed by atoms with Crippen molar-refractivity contribution in [3.05, 3.63) is 84.2 Å². The number of carbonyl (C=O) groups is 2. The standard InChI is InChI=1S/C28H31N3O4/c1-21(32)30-24-15-16-29-20-26(24)31(17-9-19-35-27-14-7-8-18-34-27)25-13-6-5-12-23(25)28(33)22-10-3-2-4-11-22/h2-6,10-13,15-16,20,27H,7-9,14,17-19H2,1H3,(H,29,30,32). The summed E-state index contributed by atoms with van der Waals surface area (Å²) >= 11 is 0. The average Bonchev–Trinajstić information content (AvgIpc) is 2.90. The first-order valence-corrected chi connectivity index (χ1v) is 12.0. The predicted molar refractivity (Wildman–Crippen MR) is 136 cm³/mol. The zero-order valence-corrected chi connectivity index (χ0v) is 20.0. The van der Waals surface area contributed by atoms with Crippen molar-refractivity contribution < 1.29 is 19.1 Å². The normalized spacial score (nSPS) is 15.4. The van der Waals surface area contributed by atoms with E-state index in [2.05, 4.69) is 10.3 Å².